The van der Waals surface area contributed by atoms with Gasteiger partial charge in [-0.15, -0.1) is 11.3 Å². The molecule has 1 aromatic carbocycles. The van der Waals surface area contributed by atoms with Gasteiger partial charge in [-0.05, 0) is 43.5 Å². The first-order chi connectivity index (χ1) is 13.4. The lowest BCUT2D eigenvalue weighted by molar-refractivity contribution is -0.147. The molecule has 8 heteroatoms. The average molecular weight is 424 g/mol. The molecule has 1 aliphatic rings. The molecule has 0 saturated heterocycles. The number of carbonyl (C=O) groups excluding carboxylic acids is 2. The third-order valence-corrected chi connectivity index (χ3v) is 5.84. The van der Waals surface area contributed by atoms with Gasteiger partial charge in [0.15, 0.2) is 5.06 Å². The van der Waals surface area contributed by atoms with E-state index in [9.17, 15) is 9.59 Å². The summed E-state index contributed by atoms with van der Waals surface area (Å²) in [6, 6.07) is 8.51. The van der Waals surface area contributed by atoms with Crippen LogP contribution in [0.2, 0.25) is 5.02 Å². The smallest absolute Gasteiger partial charge is 0.468 e. The Morgan fingerprint density at radius 3 is 2.68 bits per heavy atom. The van der Waals surface area contributed by atoms with E-state index in [0.717, 1.165) is 16.9 Å². The molecule has 1 aromatic heterocycles. The standard InChI is InChI=1S/C20H22ClNO5S/c1-12(2)26-20(24)27-17-10-13-11-22(9-8-16(13)28-17)18(19(23)25-3)14-6-4-5-7-15(14)21/h4-7,10,12,18H,8-9,11H2,1-3H3/t18-/m0/s1. The molecule has 0 unspecified atom stereocenters. The summed E-state index contributed by atoms with van der Waals surface area (Å²) < 4.78 is 15.3. The molecule has 2 heterocycles. The zero-order chi connectivity index (χ0) is 20.3. The highest BCUT2D eigenvalue weighted by Crippen LogP contribution is 2.37. The second kappa shape index (κ2) is 8.94. The van der Waals surface area contributed by atoms with Crippen molar-refractivity contribution in [2.24, 2.45) is 0 Å². The monoisotopic (exact) mass is 423 g/mol. The van der Waals surface area contributed by atoms with Gasteiger partial charge in [-0.25, -0.2) is 9.59 Å². The first-order valence-electron chi connectivity index (χ1n) is 8.95. The molecule has 0 fully saturated rings. The molecular formula is C20H22ClNO5S. The Balaban J connectivity index is 1.80. The third-order valence-electron chi connectivity index (χ3n) is 4.38. The maximum Gasteiger partial charge on any atom is 0.514 e. The van der Waals surface area contributed by atoms with Crippen LogP contribution in [0.1, 0.15) is 35.9 Å². The lowest BCUT2D eigenvalue weighted by Gasteiger charge is -2.33. The quantitative estimate of drug-likeness (QED) is 0.655. The average Bonchev–Trinajstić information content (AvgIpc) is 3.03. The lowest BCUT2D eigenvalue weighted by Crippen LogP contribution is -2.38. The van der Waals surface area contributed by atoms with Crippen LogP contribution in [0.4, 0.5) is 4.79 Å². The second-order valence-corrected chi connectivity index (χ2v) is 8.21. The van der Waals surface area contributed by atoms with Crippen molar-refractivity contribution >= 4 is 35.1 Å². The first kappa shape index (κ1) is 20.6. The van der Waals surface area contributed by atoms with Gasteiger partial charge < -0.3 is 14.2 Å². The molecule has 0 aliphatic carbocycles. The molecule has 0 spiro atoms. The Labute approximate surface area is 172 Å². The van der Waals surface area contributed by atoms with Crippen molar-refractivity contribution in [2.75, 3.05) is 13.7 Å². The van der Waals surface area contributed by atoms with Gasteiger partial charge in [0.2, 0.25) is 0 Å². The predicted molar refractivity (Wildman–Crippen MR) is 107 cm³/mol. The van der Waals surface area contributed by atoms with Gasteiger partial charge in [-0.3, -0.25) is 4.90 Å². The zero-order valence-electron chi connectivity index (χ0n) is 15.9. The van der Waals surface area contributed by atoms with Crippen LogP contribution >= 0.6 is 22.9 Å². The Bertz CT molecular complexity index is 866. The van der Waals surface area contributed by atoms with E-state index in [4.69, 9.17) is 25.8 Å². The SMILES string of the molecule is COC(=O)[C@H](c1ccccc1Cl)N1CCc2sc(OC(=O)OC(C)C)cc2C1. The summed E-state index contributed by atoms with van der Waals surface area (Å²) in [7, 11) is 1.37. The van der Waals surface area contributed by atoms with E-state index in [1.54, 1.807) is 19.9 Å². The number of hydrogen-bond acceptors (Lipinski definition) is 7. The summed E-state index contributed by atoms with van der Waals surface area (Å²) in [6.07, 6.45) is -0.219. The summed E-state index contributed by atoms with van der Waals surface area (Å²) in [5, 5.41) is 1.01. The topological polar surface area (TPSA) is 65.1 Å². The molecule has 0 amide bonds. The summed E-state index contributed by atoms with van der Waals surface area (Å²) >= 11 is 7.76. The fourth-order valence-corrected chi connectivity index (χ4v) is 4.42. The summed E-state index contributed by atoms with van der Waals surface area (Å²) in [5.41, 5.74) is 1.73. The molecule has 6 nitrogen and oxygen atoms in total. The van der Waals surface area contributed by atoms with Gasteiger partial charge in [-0.2, -0.15) is 0 Å². The lowest BCUT2D eigenvalue weighted by atomic mass is 10.0. The molecule has 2 aromatic rings. The number of nitrogens with zero attached hydrogens (tertiary/aromatic N) is 1. The minimum atomic E-state index is -0.714. The number of ether oxygens (including phenoxy) is 3. The highest BCUT2D eigenvalue weighted by atomic mass is 35.5. The summed E-state index contributed by atoms with van der Waals surface area (Å²) in [4.78, 5) is 27.4. The normalized spacial score (nSPS) is 15.0. The third kappa shape index (κ3) is 4.66. The Hall–Kier alpha value is -2.09. The highest BCUT2D eigenvalue weighted by Gasteiger charge is 2.33. The van der Waals surface area contributed by atoms with Gasteiger partial charge in [0.05, 0.1) is 13.2 Å². The molecule has 3 rings (SSSR count). The number of hydrogen-bond donors (Lipinski definition) is 0. The molecule has 0 radical (unpaired) electrons. The Morgan fingerprint density at radius 2 is 2.00 bits per heavy atom. The first-order valence-corrected chi connectivity index (χ1v) is 10.1. The predicted octanol–water partition coefficient (Wildman–Crippen LogP) is 4.60. The number of rotatable bonds is 5. The van der Waals surface area contributed by atoms with Crippen LogP contribution in [0, 0.1) is 0 Å². The number of esters is 1. The van der Waals surface area contributed by atoms with Crippen molar-refractivity contribution in [3.63, 3.8) is 0 Å². The van der Waals surface area contributed by atoms with Crippen molar-refractivity contribution in [1.82, 2.24) is 4.90 Å². The van der Waals surface area contributed by atoms with Crippen molar-refractivity contribution in [3.8, 4) is 5.06 Å². The number of benzene rings is 1. The Kier molecular flexibility index (Phi) is 6.59. The number of halogens is 1. The van der Waals surface area contributed by atoms with E-state index in [1.165, 1.54) is 18.4 Å². The maximum atomic E-state index is 12.5. The van der Waals surface area contributed by atoms with E-state index in [1.807, 2.05) is 29.2 Å². The molecule has 1 aliphatic heterocycles. The maximum absolute atomic E-state index is 12.5. The fraction of sp³-hybridized carbons (Fsp3) is 0.400. The van der Waals surface area contributed by atoms with Gasteiger partial charge in [0, 0.05) is 23.0 Å². The van der Waals surface area contributed by atoms with Crippen molar-refractivity contribution in [3.05, 3.63) is 51.4 Å². The van der Waals surface area contributed by atoms with Crippen LogP contribution < -0.4 is 4.74 Å². The zero-order valence-corrected chi connectivity index (χ0v) is 17.5. The number of carbonyl (C=O) groups is 2. The van der Waals surface area contributed by atoms with Gasteiger partial charge in [0.25, 0.3) is 0 Å². The van der Waals surface area contributed by atoms with Gasteiger partial charge in [-0.1, -0.05) is 29.8 Å². The van der Waals surface area contributed by atoms with Crippen molar-refractivity contribution < 1.29 is 23.8 Å². The van der Waals surface area contributed by atoms with Crippen LogP contribution in [0.25, 0.3) is 0 Å². The van der Waals surface area contributed by atoms with E-state index in [2.05, 4.69) is 0 Å². The van der Waals surface area contributed by atoms with Crippen LogP contribution in [0.5, 0.6) is 5.06 Å². The van der Waals surface area contributed by atoms with E-state index >= 15 is 0 Å². The molecule has 150 valence electrons. The summed E-state index contributed by atoms with van der Waals surface area (Å²) in [5.74, 6) is -0.358. The van der Waals surface area contributed by atoms with E-state index in [0.29, 0.717) is 28.7 Å². The molecule has 0 bridgehead atoms. The molecule has 0 saturated carbocycles. The van der Waals surface area contributed by atoms with Gasteiger partial charge >= 0.3 is 12.1 Å². The van der Waals surface area contributed by atoms with Crippen LogP contribution in [0.3, 0.4) is 0 Å². The molecular weight excluding hydrogens is 402 g/mol. The number of thiophene rings is 1. The van der Waals surface area contributed by atoms with Crippen LogP contribution in [-0.4, -0.2) is 36.8 Å². The highest BCUT2D eigenvalue weighted by molar-refractivity contribution is 7.14. The van der Waals surface area contributed by atoms with Crippen molar-refractivity contribution in [1.29, 1.82) is 0 Å². The minimum Gasteiger partial charge on any atom is -0.468 e. The van der Waals surface area contributed by atoms with E-state index < -0.39 is 12.2 Å². The number of methoxy groups -OCH3 is 1. The molecule has 0 N–H and O–H groups in total. The molecule has 1 atom stereocenters. The largest absolute Gasteiger partial charge is 0.514 e. The van der Waals surface area contributed by atoms with Crippen LogP contribution in [0.15, 0.2) is 30.3 Å². The minimum absolute atomic E-state index is 0.242. The van der Waals surface area contributed by atoms with Crippen LogP contribution in [-0.2, 0) is 27.2 Å². The number of fused-ring (bicyclic) bond motifs is 1. The van der Waals surface area contributed by atoms with Gasteiger partial charge in [0.1, 0.15) is 6.04 Å². The summed E-state index contributed by atoms with van der Waals surface area (Å²) in [6.45, 7) is 4.72. The molecule has 28 heavy (non-hydrogen) atoms. The van der Waals surface area contributed by atoms with E-state index in [-0.39, 0.29) is 12.1 Å². The Morgan fingerprint density at radius 1 is 1.25 bits per heavy atom. The fourth-order valence-electron chi connectivity index (χ4n) is 3.18. The van der Waals surface area contributed by atoms with Crippen molar-refractivity contribution in [2.45, 2.75) is 39.0 Å². The second-order valence-electron chi connectivity index (χ2n) is 6.70.